The Kier molecular flexibility index (Phi) is 9.01. The summed E-state index contributed by atoms with van der Waals surface area (Å²) >= 11 is 3.51. The van der Waals surface area contributed by atoms with Crippen LogP contribution in [0.2, 0.25) is 0 Å². The van der Waals surface area contributed by atoms with Gasteiger partial charge < -0.3 is 30.9 Å². The number of fused-ring (bicyclic) bond motifs is 1. The highest BCUT2D eigenvalue weighted by molar-refractivity contribution is 9.10. The molecule has 0 amide bonds. The number of piperazine rings is 1. The molecule has 0 radical (unpaired) electrons. The molecule has 4 heterocycles. The first-order valence-corrected chi connectivity index (χ1v) is 18.0. The number of rotatable bonds is 8. The SMILES string of the molecule is COc1cc(N2CCC(N3CCN(C)CC3)CC2)c(C)cc1Nc1nc(N)c(Br)c(Nc2cccc3c2N(S(C)(=O)=O)CC3)n1. The van der Waals surface area contributed by atoms with E-state index in [1.807, 2.05) is 18.2 Å². The van der Waals surface area contributed by atoms with Crippen LogP contribution in [-0.4, -0.2) is 100 Å². The maximum Gasteiger partial charge on any atom is 0.232 e. The number of halogens is 1. The minimum Gasteiger partial charge on any atom is -0.494 e. The number of sulfonamides is 1. The van der Waals surface area contributed by atoms with Crippen LogP contribution < -0.4 is 30.3 Å². The summed E-state index contributed by atoms with van der Waals surface area (Å²) in [7, 11) is 0.421. The van der Waals surface area contributed by atoms with E-state index in [2.05, 4.69) is 72.4 Å². The predicted molar refractivity (Wildman–Crippen MR) is 185 cm³/mol. The predicted octanol–water partition coefficient (Wildman–Crippen LogP) is 4.16. The lowest BCUT2D eigenvalue weighted by Gasteiger charge is -2.43. The summed E-state index contributed by atoms with van der Waals surface area (Å²) in [5, 5.41) is 6.60. The van der Waals surface area contributed by atoms with Crippen molar-refractivity contribution in [3.05, 3.63) is 45.9 Å². The zero-order valence-corrected chi connectivity index (χ0v) is 28.7. The standard InChI is InChI=1S/C31H42BrN9O3S/c1-20-18-24(26(44-3)19-25(20)40-11-9-22(10-12-40)39-16-14-38(2)15-17-39)35-31-36-29(33)27(32)30(37-31)34-23-7-5-6-21-8-13-41(28(21)23)45(4,42)43/h5-7,18-19,22H,8-17H2,1-4H3,(H4,33,34,35,36,37). The molecule has 3 aliphatic heterocycles. The molecule has 1 aromatic heterocycles. The fourth-order valence-electron chi connectivity index (χ4n) is 6.65. The Hall–Kier alpha value is -3.33. The Morgan fingerprint density at radius 2 is 1.73 bits per heavy atom. The van der Waals surface area contributed by atoms with Gasteiger partial charge in [0, 0.05) is 63.6 Å². The van der Waals surface area contributed by atoms with Crippen LogP contribution in [0.4, 0.5) is 40.3 Å². The molecular formula is C31H42BrN9O3S. The number of nitrogen functional groups attached to an aromatic ring is 1. The summed E-state index contributed by atoms with van der Waals surface area (Å²) in [5.74, 6) is 1.61. The molecule has 242 valence electrons. The summed E-state index contributed by atoms with van der Waals surface area (Å²) < 4.78 is 32.7. The molecule has 2 aromatic carbocycles. The summed E-state index contributed by atoms with van der Waals surface area (Å²) in [6.45, 7) is 9.13. The number of anilines is 7. The van der Waals surface area contributed by atoms with Gasteiger partial charge >= 0.3 is 0 Å². The van der Waals surface area contributed by atoms with Crippen LogP contribution in [0.25, 0.3) is 0 Å². The van der Waals surface area contributed by atoms with Crippen molar-refractivity contribution < 1.29 is 13.2 Å². The van der Waals surface area contributed by atoms with E-state index in [0.29, 0.717) is 46.4 Å². The van der Waals surface area contributed by atoms with E-state index in [1.54, 1.807) is 7.11 Å². The Bertz CT molecular complexity index is 1670. The van der Waals surface area contributed by atoms with Gasteiger partial charge in [0.25, 0.3) is 0 Å². The van der Waals surface area contributed by atoms with Gasteiger partial charge in [-0.1, -0.05) is 12.1 Å². The molecule has 3 aromatic rings. The number of benzene rings is 2. The van der Waals surface area contributed by atoms with Gasteiger partial charge in [0.05, 0.1) is 30.4 Å². The van der Waals surface area contributed by atoms with Gasteiger partial charge in [0.15, 0.2) is 5.82 Å². The minimum absolute atomic E-state index is 0.234. The molecule has 2 fully saturated rings. The second-order valence-corrected chi connectivity index (χ2v) is 14.8. The van der Waals surface area contributed by atoms with Crippen molar-refractivity contribution in [1.82, 2.24) is 19.8 Å². The average molecular weight is 701 g/mol. The van der Waals surface area contributed by atoms with Crippen molar-refractivity contribution in [2.24, 2.45) is 0 Å². The summed E-state index contributed by atoms with van der Waals surface area (Å²) in [6, 6.07) is 10.5. The quantitative estimate of drug-likeness (QED) is 0.313. The number of likely N-dealkylation sites (N-methyl/N-ethyl adjacent to an activating group) is 1. The van der Waals surface area contributed by atoms with Crippen LogP contribution in [0, 0.1) is 6.92 Å². The minimum atomic E-state index is -3.44. The lowest BCUT2D eigenvalue weighted by Crippen LogP contribution is -2.52. The largest absolute Gasteiger partial charge is 0.494 e. The molecule has 45 heavy (non-hydrogen) atoms. The lowest BCUT2D eigenvalue weighted by molar-refractivity contribution is 0.0982. The Labute approximate surface area is 274 Å². The molecule has 2 saturated heterocycles. The lowest BCUT2D eigenvalue weighted by atomic mass is 10.0. The third-order valence-electron chi connectivity index (χ3n) is 9.11. The van der Waals surface area contributed by atoms with Crippen LogP contribution in [0.3, 0.4) is 0 Å². The van der Waals surface area contributed by atoms with Gasteiger partial charge in [-0.25, -0.2) is 8.42 Å². The molecule has 14 heteroatoms. The van der Waals surface area contributed by atoms with Crippen LogP contribution in [0.5, 0.6) is 5.75 Å². The molecular weight excluding hydrogens is 658 g/mol. The third-order valence-corrected chi connectivity index (χ3v) is 11.1. The van der Waals surface area contributed by atoms with Crippen LogP contribution in [0.1, 0.15) is 24.0 Å². The van der Waals surface area contributed by atoms with Crippen LogP contribution in [-0.2, 0) is 16.4 Å². The number of nitrogens with two attached hydrogens (primary N) is 1. The highest BCUT2D eigenvalue weighted by Gasteiger charge is 2.30. The maximum absolute atomic E-state index is 12.5. The van der Waals surface area contributed by atoms with Crippen LogP contribution in [0.15, 0.2) is 34.8 Å². The zero-order chi connectivity index (χ0) is 31.9. The van der Waals surface area contributed by atoms with Crippen molar-refractivity contribution in [2.45, 2.75) is 32.2 Å². The van der Waals surface area contributed by atoms with Gasteiger partial charge in [-0.3, -0.25) is 9.21 Å². The first-order valence-electron chi connectivity index (χ1n) is 15.3. The molecule has 0 unspecified atom stereocenters. The molecule has 0 aliphatic carbocycles. The Balaban J connectivity index is 1.21. The number of aryl methyl sites for hydroxylation is 1. The van der Waals surface area contributed by atoms with E-state index in [0.717, 1.165) is 68.9 Å². The number of nitrogens with zero attached hydrogens (tertiary/aromatic N) is 6. The molecule has 6 rings (SSSR count). The van der Waals surface area contributed by atoms with E-state index in [-0.39, 0.29) is 11.8 Å². The second kappa shape index (κ2) is 12.8. The first-order chi connectivity index (χ1) is 21.5. The van der Waals surface area contributed by atoms with E-state index in [9.17, 15) is 8.42 Å². The number of nitrogens with one attached hydrogen (secondary N) is 2. The van der Waals surface area contributed by atoms with Crippen molar-refractivity contribution in [3.8, 4) is 5.75 Å². The van der Waals surface area contributed by atoms with Gasteiger partial charge in [-0.2, -0.15) is 9.97 Å². The molecule has 4 N–H and O–H groups in total. The highest BCUT2D eigenvalue weighted by atomic mass is 79.9. The van der Waals surface area contributed by atoms with Crippen molar-refractivity contribution in [2.75, 3.05) is 91.8 Å². The average Bonchev–Trinajstić information content (AvgIpc) is 3.47. The number of methoxy groups -OCH3 is 1. The molecule has 0 atom stereocenters. The number of piperidine rings is 1. The first kappa shape index (κ1) is 31.6. The van der Waals surface area contributed by atoms with Gasteiger partial charge in [0.1, 0.15) is 16.0 Å². The van der Waals surface area contributed by atoms with Gasteiger partial charge in [-0.15, -0.1) is 0 Å². The fourth-order valence-corrected chi connectivity index (χ4v) is 7.90. The topological polar surface area (TPSA) is 132 Å². The number of hydrogen-bond acceptors (Lipinski definition) is 11. The number of ether oxygens (including phenoxy) is 1. The maximum atomic E-state index is 12.5. The zero-order valence-electron chi connectivity index (χ0n) is 26.3. The van der Waals surface area contributed by atoms with E-state index < -0.39 is 10.0 Å². The number of para-hydroxylation sites is 1. The van der Waals surface area contributed by atoms with E-state index in [1.165, 1.54) is 16.2 Å². The van der Waals surface area contributed by atoms with Crippen molar-refractivity contribution >= 4 is 66.3 Å². The van der Waals surface area contributed by atoms with Gasteiger partial charge in [-0.05, 0) is 72.4 Å². The molecule has 0 bridgehead atoms. The highest BCUT2D eigenvalue weighted by Crippen LogP contribution is 2.41. The smallest absolute Gasteiger partial charge is 0.232 e. The molecule has 12 nitrogen and oxygen atoms in total. The normalized spacial score (nSPS) is 18.2. The third kappa shape index (κ3) is 6.64. The van der Waals surface area contributed by atoms with Crippen LogP contribution >= 0.6 is 15.9 Å². The van der Waals surface area contributed by atoms with Crippen molar-refractivity contribution in [1.29, 1.82) is 0 Å². The molecule has 0 spiro atoms. The fraction of sp³-hybridized carbons (Fsp3) is 0.484. The molecule has 3 aliphatic rings. The monoisotopic (exact) mass is 699 g/mol. The summed E-state index contributed by atoms with van der Waals surface area (Å²) in [6.07, 6.45) is 4.16. The number of hydrogen-bond donors (Lipinski definition) is 3. The Morgan fingerprint density at radius 1 is 1.00 bits per heavy atom. The summed E-state index contributed by atoms with van der Waals surface area (Å²) in [5.41, 5.74) is 11.5. The number of aromatic nitrogens is 2. The summed E-state index contributed by atoms with van der Waals surface area (Å²) in [4.78, 5) is 16.7. The van der Waals surface area contributed by atoms with Gasteiger partial charge in [0.2, 0.25) is 16.0 Å². The second-order valence-electron chi connectivity index (χ2n) is 12.1. The van der Waals surface area contributed by atoms with Crippen molar-refractivity contribution in [3.63, 3.8) is 0 Å². The van der Waals surface area contributed by atoms with E-state index in [4.69, 9.17) is 15.5 Å². The van der Waals surface area contributed by atoms with E-state index >= 15 is 0 Å². The molecule has 0 saturated carbocycles. The Morgan fingerprint density at radius 3 is 2.42 bits per heavy atom.